The van der Waals surface area contributed by atoms with E-state index in [-0.39, 0.29) is 0 Å². The van der Waals surface area contributed by atoms with E-state index in [0.29, 0.717) is 18.2 Å². The van der Waals surface area contributed by atoms with Crippen molar-refractivity contribution < 1.29 is 9.47 Å². The second kappa shape index (κ2) is 9.12. The summed E-state index contributed by atoms with van der Waals surface area (Å²) in [6.45, 7) is 2.97. The SMILES string of the molecule is Cc1cccc(OCc2ccccc2-c2nc(COc3ccc(Cl)cc3)cs2)c1. The van der Waals surface area contributed by atoms with Crippen molar-refractivity contribution in [2.45, 2.75) is 20.1 Å². The lowest BCUT2D eigenvalue weighted by Gasteiger charge is -2.10. The van der Waals surface area contributed by atoms with Crippen molar-refractivity contribution in [2.24, 2.45) is 0 Å². The van der Waals surface area contributed by atoms with Gasteiger partial charge in [-0.2, -0.15) is 0 Å². The van der Waals surface area contributed by atoms with Crippen molar-refractivity contribution in [1.29, 1.82) is 0 Å². The summed E-state index contributed by atoms with van der Waals surface area (Å²) in [5.41, 5.74) is 4.27. The number of benzene rings is 3. The van der Waals surface area contributed by atoms with E-state index >= 15 is 0 Å². The first-order chi connectivity index (χ1) is 14.2. The van der Waals surface area contributed by atoms with Crippen LogP contribution in [-0.2, 0) is 13.2 Å². The topological polar surface area (TPSA) is 31.4 Å². The van der Waals surface area contributed by atoms with Gasteiger partial charge in [-0.3, -0.25) is 0 Å². The van der Waals surface area contributed by atoms with Gasteiger partial charge in [-0.05, 0) is 54.4 Å². The van der Waals surface area contributed by atoms with Crippen LogP contribution in [0.3, 0.4) is 0 Å². The Bertz CT molecular complexity index is 1090. The third-order valence-corrected chi connectivity index (χ3v) is 5.56. The summed E-state index contributed by atoms with van der Waals surface area (Å²) in [5, 5.41) is 3.68. The van der Waals surface area contributed by atoms with Crippen LogP contribution in [0.1, 0.15) is 16.8 Å². The van der Waals surface area contributed by atoms with Gasteiger partial charge in [0.2, 0.25) is 0 Å². The van der Waals surface area contributed by atoms with Crippen LogP contribution in [0.25, 0.3) is 10.6 Å². The van der Waals surface area contributed by atoms with Crippen LogP contribution in [0.5, 0.6) is 11.5 Å². The third-order valence-electron chi connectivity index (χ3n) is 4.38. The second-order valence-corrected chi connectivity index (χ2v) is 7.94. The van der Waals surface area contributed by atoms with Gasteiger partial charge >= 0.3 is 0 Å². The zero-order chi connectivity index (χ0) is 20.1. The predicted molar refractivity (Wildman–Crippen MR) is 119 cm³/mol. The first-order valence-corrected chi connectivity index (χ1v) is 10.5. The minimum atomic E-state index is 0.417. The zero-order valence-electron chi connectivity index (χ0n) is 16.0. The highest BCUT2D eigenvalue weighted by molar-refractivity contribution is 7.13. The summed E-state index contributed by atoms with van der Waals surface area (Å²) >= 11 is 7.52. The van der Waals surface area contributed by atoms with Crippen molar-refractivity contribution in [2.75, 3.05) is 0 Å². The zero-order valence-corrected chi connectivity index (χ0v) is 17.5. The highest BCUT2D eigenvalue weighted by atomic mass is 35.5. The highest BCUT2D eigenvalue weighted by Gasteiger charge is 2.10. The molecule has 0 spiro atoms. The van der Waals surface area contributed by atoms with Gasteiger partial charge in [0, 0.05) is 16.0 Å². The molecule has 1 aromatic heterocycles. The molecule has 0 aliphatic heterocycles. The smallest absolute Gasteiger partial charge is 0.131 e. The van der Waals surface area contributed by atoms with E-state index in [2.05, 4.69) is 25.1 Å². The number of hydrogen-bond donors (Lipinski definition) is 0. The normalized spacial score (nSPS) is 10.7. The maximum atomic E-state index is 6.00. The molecule has 0 saturated carbocycles. The minimum absolute atomic E-state index is 0.417. The Morgan fingerprint density at radius 1 is 0.862 bits per heavy atom. The van der Waals surface area contributed by atoms with E-state index in [1.165, 1.54) is 5.56 Å². The largest absolute Gasteiger partial charge is 0.489 e. The maximum absolute atomic E-state index is 6.00. The Kier molecular flexibility index (Phi) is 6.13. The quantitative estimate of drug-likeness (QED) is 0.324. The Hall–Kier alpha value is -2.82. The summed E-state index contributed by atoms with van der Waals surface area (Å²) in [6.07, 6.45) is 0. The Morgan fingerprint density at radius 3 is 2.48 bits per heavy atom. The van der Waals surface area contributed by atoms with E-state index in [4.69, 9.17) is 26.1 Å². The van der Waals surface area contributed by atoms with Crippen LogP contribution in [0.4, 0.5) is 0 Å². The molecule has 0 bridgehead atoms. The molecule has 0 fully saturated rings. The molecule has 0 N–H and O–H groups in total. The van der Waals surface area contributed by atoms with E-state index < -0.39 is 0 Å². The van der Waals surface area contributed by atoms with Gasteiger partial charge in [0.25, 0.3) is 0 Å². The molecule has 0 radical (unpaired) electrons. The van der Waals surface area contributed by atoms with Gasteiger partial charge in [0.1, 0.15) is 29.7 Å². The lowest BCUT2D eigenvalue weighted by molar-refractivity contribution is 0.302. The van der Waals surface area contributed by atoms with Gasteiger partial charge in [0.15, 0.2) is 0 Å². The summed E-state index contributed by atoms with van der Waals surface area (Å²) in [7, 11) is 0. The van der Waals surface area contributed by atoms with Gasteiger partial charge in [-0.1, -0.05) is 48.0 Å². The molecule has 0 saturated heterocycles. The predicted octanol–water partition coefficient (Wildman–Crippen LogP) is 6.93. The van der Waals surface area contributed by atoms with Gasteiger partial charge in [0.05, 0.1) is 5.69 Å². The standard InChI is InChI=1S/C24H20ClNO2S/c1-17-5-4-7-22(13-17)27-14-18-6-2-3-8-23(18)24-26-20(16-29-24)15-28-21-11-9-19(25)10-12-21/h2-13,16H,14-15H2,1H3. The molecule has 0 aliphatic rings. The second-order valence-electron chi connectivity index (χ2n) is 6.65. The molecular weight excluding hydrogens is 402 g/mol. The summed E-state index contributed by atoms with van der Waals surface area (Å²) in [6, 6.07) is 23.6. The summed E-state index contributed by atoms with van der Waals surface area (Å²) in [4.78, 5) is 4.75. The van der Waals surface area contributed by atoms with Gasteiger partial charge < -0.3 is 9.47 Å². The lowest BCUT2D eigenvalue weighted by Crippen LogP contribution is -1.99. The molecule has 0 aliphatic carbocycles. The molecule has 0 unspecified atom stereocenters. The fourth-order valence-electron chi connectivity index (χ4n) is 2.91. The van der Waals surface area contributed by atoms with Crippen molar-refractivity contribution in [3.8, 4) is 22.1 Å². The maximum Gasteiger partial charge on any atom is 0.131 e. The number of aromatic nitrogens is 1. The van der Waals surface area contributed by atoms with Gasteiger partial charge in [-0.25, -0.2) is 4.98 Å². The molecule has 0 amide bonds. The molecule has 3 aromatic carbocycles. The van der Waals surface area contributed by atoms with Crippen LogP contribution in [0.2, 0.25) is 5.02 Å². The number of halogens is 1. The average molecular weight is 422 g/mol. The van der Waals surface area contributed by atoms with Gasteiger partial charge in [-0.15, -0.1) is 11.3 Å². The number of thiazole rings is 1. The van der Waals surface area contributed by atoms with Crippen LogP contribution < -0.4 is 9.47 Å². The number of aryl methyl sites for hydroxylation is 1. The molecule has 4 aromatic rings. The number of hydrogen-bond acceptors (Lipinski definition) is 4. The number of ether oxygens (including phenoxy) is 2. The first-order valence-electron chi connectivity index (χ1n) is 9.28. The first kappa shape index (κ1) is 19.5. The monoisotopic (exact) mass is 421 g/mol. The molecule has 29 heavy (non-hydrogen) atoms. The van der Waals surface area contributed by atoms with Crippen LogP contribution in [0.15, 0.2) is 78.2 Å². The van der Waals surface area contributed by atoms with Crippen molar-refractivity contribution in [3.05, 3.63) is 100 Å². The summed E-state index contributed by atoms with van der Waals surface area (Å²) in [5.74, 6) is 1.65. The minimum Gasteiger partial charge on any atom is -0.489 e. The Labute approximate surface area is 179 Å². The molecule has 5 heteroatoms. The van der Waals surface area contributed by atoms with E-state index in [1.807, 2.05) is 60.0 Å². The van der Waals surface area contributed by atoms with Crippen molar-refractivity contribution in [3.63, 3.8) is 0 Å². The van der Waals surface area contributed by atoms with Crippen LogP contribution >= 0.6 is 22.9 Å². The van der Waals surface area contributed by atoms with Crippen molar-refractivity contribution in [1.82, 2.24) is 4.98 Å². The molecule has 4 rings (SSSR count). The fraction of sp³-hybridized carbons (Fsp3) is 0.125. The Morgan fingerprint density at radius 2 is 1.66 bits per heavy atom. The number of rotatable bonds is 7. The molecule has 146 valence electrons. The molecule has 1 heterocycles. The van der Waals surface area contributed by atoms with E-state index in [1.54, 1.807) is 11.3 Å². The highest BCUT2D eigenvalue weighted by Crippen LogP contribution is 2.29. The fourth-order valence-corrected chi connectivity index (χ4v) is 3.90. The molecule has 0 atom stereocenters. The molecule has 3 nitrogen and oxygen atoms in total. The van der Waals surface area contributed by atoms with Crippen molar-refractivity contribution >= 4 is 22.9 Å². The summed E-state index contributed by atoms with van der Waals surface area (Å²) < 4.78 is 11.8. The third kappa shape index (κ3) is 5.17. The lowest BCUT2D eigenvalue weighted by atomic mass is 10.1. The van der Waals surface area contributed by atoms with E-state index in [0.717, 1.165) is 33.3 Å². The average Bonchev–Trinajstić information content (AvgIpc) is 3.21. The Balaban J connectivity index is 1.45. The van der Waals surface area contributed by atoms with Crippen LogP contribution in [-0.4, -0.2) is 4.98 Å². The number of nitrogens with zero attached hydrogens (tertiary/aromatic N) is 1. The van der Waals surface area contributed by atoms with E-state index in [9.17, 15) is 0 Å². The van der Waals surface area contributed by atoms with Crippen LogP contribution in [0, 0.1) is 6.92 Å². The molecular formula is C24H20ClNO2S.